The first kappa shape index (κ1) is 10.5. The number of hydrogen-bond acceptors (Lipinski definition) is 4. The molecule has 0 aliphatic carbocycles. The van der Waals surface area contributed by atoms with Gasteiger partial charge in [0.1, 0.15) is 0 Å². The van der Waals surface area contributed by atoms with Gasteiger partial charge >= 0.3 is 0 Å². The molecule has 1 N–H and O–H groups in total. The largest absolute Gasteiger partial charge is 0.378 e. The lowest BCUT2D eigenvalue weighted by atomic mass is 10.1. The Bertz CT molecular complexity index is 218. The van der Waals surface area contributed by atoms with Crippen LogP contribution in [0.3, 0.4) is 0 Å². The van der Waals surface area contributed by atoms with Gasteiger partial charge in [-0.3, -0.25) is 4.90 Å². The van der Waals surface area contributed by atoms with Gasteiger partial charge in [-0.25, -0.2) is 0 Å². The second-order valence-electron chi connectivity index (χ2n) is 4.18. The second-order valence-corrected chi connectivity index (χ2v) is 4.71. The van der Waals surface area contributed by atoms with E-state index in [0.717, 1.165) is 39.1 Å². The first-order valence-electron chi connectivity index (χ1n) is 5.31. The van der Waals surface area contributed by atoms with Gasteiger partial charge in [0.2, 0.25) is 0 Å². The van der Waals surface area contributed by atoms with E-state index in [1.54, 1.807) is 0 Å². The van der Waals surface area contributed by atoms with E-state index in [1.165, 1.54) is 4.86 Å². The maximum atomic E-state index is 5.29. The Labute approximate surface area is 90.8 Å². The van der Waals surface area contributed by atoms with Crippen LogP contribution in [0.1, 0.15) is 12.8 Å². The summed E-state index contributed by atoms with van der Waals surface area (Å²) in [5, 5.41) is 3.44. The molecule has 0 aromatic rings. The molecule has 0 saturated carbocycles. The van der Waals surface area contributed by atoms with Crippen LogP contribution in [0.15, 0.2) is 0 Å². The van der Waals surface area contributed by atoms with Crippen molar-refractivity contribution in [2.45, 2.75) is 24.9 Å². The topological polar surface area (TPSA) is 24.5 Å². The Balaban J connectivity index is 1.68. The number of nitrogens with one attached hydrogen (secondary N) is 1. The summed E-state index contributed by atoms with van der Waals surface area (Å²) in [6.07, 6.45) is 2.22. The first-order valence-corrected chi connectivity index (χ1v) is 5.72. The summed E-state index contributed by atoms with van der Waals surface area (Å²) < 4.78 is 5.17. The van der Waals surface area contributed by atoms with Crippen molar-refractivity contribution < 1.29 is 4.74 Å². The molecule has 2 aliphatic rings. The van der Waals surface area contributed by atoms with Gasteiger partial charge in [-0.15, -0.1) is 0 Å². The quantitative estimate of drug-likeness (QED) is 0.686. The Morgan fingerprint density at radius 3 is 2.86 bits per heavy atom. The van der Waals surface area contributed by atoms with Crippen molar-refractivity contribution in [1.82, 2.24) is 10.2 Å². The molecule has 2 aliphatic heterocycles. The highest BCUT2D eigenvalue weighted by atomic mass is 32.1. The third-order valence-electron chi connectivity index (χ3n) is 3.17. The number of ether oxygens (including phenoxy) is 1. The zero-order valence-corrected chi connectivity index (χ0v) is 9.48. The SMILES string of the molecule is CN(CCC1NCCC1=S)C1COC1. The minimum atomic E-state index is 0.480. The van der Waals surface area contributed by atoms with Gasteiger partial charge in [-0.05, 0) is 19.9 Å². The molecule has 0 aromatic heterocycles. The highest BCUT2D eigenvalue weighted by Gasteiger charge is 2.25. The van der Waals surface area contributed by atoms with Crippen molar-refractivity contribution in [3.05, 3.63) is 0 Å². The number of thiocarbonyl (C=S) groups is 1. The molecule has 2 saturated heterocycles. The van der Waals surface area contributed by atoms with E-state index in [-0.39, 0.29) is 0 Å². The number of hydrogen-bond donors (Lipinski definition) is 1. The summed E-state index contributed by atoms with van der Waals surface area (Å²) in [5.41, 5.74) is 0. The lowest BCUT2D eigenvalue weighted by Gasteiger charge is -2.35. The Morgan fingerprint density at radius 2 is 2.36 bits per heavy atom. The average molecular weight is 214 g/mol. The van der Waals surface area contributed by atoms with E-state index in [1.807, 2.05) is 0 Å². The molecule has 3 nitrogen and oxygen atoms in total. The van der Waals surface area contributed by atoms with E-state index in [4.69, 9.17) is 17.0 Å². The molecule has 80 valence electrons. The van der Waals surface area contributed by atoms with Gasteiger partial charge in [0.05, 0.1) is 19.3 Å². The highest BCUT2D eigenvalue weighted by molar-refractivity contribution is 7.80. The van der Waals surface area contributed by atoms with E-state index < -0.39 is 0 Å². The third-order valence-corrected chi connectivity index (χ3v) is 3.65. The molecule has 1 unspecified atom stereocenters. The van der Waals surface area contributed by atoms with E-state index in [9.17, 15) is 0 Å². The standard InChI is InChI=1S/C10H18N2OS/c1-12(8-6-13-7-8)5-3-9-10(14)2-4-11-9/h8-9,11H,2-7H2,1H3. The van der Waals surface area contributed by atoms with Gasteiger partial charge in [-0.1, -0.05) is 12.2 Å². The molecule has 4 heteroatoms. The van der Waals surface area contributed by atoms with E-state index in [0.29, 0.717) is 12.1 Å². The molecule has 0 radical (unpaired) electrons. The Morgan fingerprint density at radius 1 is 1.57 bits per heavy atom. The van der Waals surface area contributed by atoms with Gasteiger partial charge in [-0.2, -0.15) is 0 Å². The van der Waals surface area contributed by atoms with Crippen molar-refractivity contribution in [3.63, 3.8) is 0 Å². The van der Waals surface area contributed by atoms with Crippen LogP contribution in [-0.2, 0) is 4.74 Å². The third kappa shape index (κ3) is 2.31. The fourth-order valence-electron chi connectivity index (χ4n) is 1.91. The normalized spacial score (nSPS) is 28.4. The van der Waals surface area contributed by atoms with E-state index in [2.05, 4.69) is 17.3 Å². The van der Waals surface area contributed by atoms with Crippen LogP contribution in [-0.4, -0.2) is 55.2 Å². The van der Waals surface area contributed by atoms with E-state index >= 15 is 0 Å². The second kappa shape index (κ2) is 4.66. The predicted octanol–water partition coefficient (Wildman–Crippen LogP) is 0.439. The van der Waals surface area contributed by atoms with Crippen molar-refractivity contribution in [3.8, 4) is 0 Å². The lowest BCUT2D eigenvalue weighted by molar-refractivity contribution is -0.0562. The predicted molar refractivity (Wildman–Crippen MR) is 60.9 cm³/mol. The molecule has 0 aromatic carbocycles. The lowest BCUT2D eigenvalue weighted by Crippen LogP contribution is -2.48. The number of rotatable bonds is 4. The number of nitrogens with zero attached hydrogens (tertiary/aromatic N) is 1. The Hall–Kier alpha value is -0.0300. The van der Waals surface area contributed by atoms with Crippen LogP contribution in [0.25, 0.3) is 0 Å². The molecule has 1 atom stereocenters. The number of likely N-dealkylation sites (N-methyl/N-ethyl adjacent to an activating group) is 1. The monoisotopic (exact) mass is 214 g/mol. The molecule has 0 amide bonds. The molecular weight excluding hydrogens is 196 g/mol. The van der Waals surface area contributed by atoms with Gasteiger partial charge in [0.25, 0.3) is 0 Å². The first-order chi connectivity index (χ1) is 6.77. The van der Waals surface area contributed by atoms with Crippen LogP contribution in [0, 0.1) is 0 Å². The highest BCUT2D eigenvalue weighted by Crippen LogP contribution is 2.12. The fraction of sp³-hybridized carbons (Fsp3) is 0.900. The van der Waals surface area contributed by atoms with Crippen LogP contribution in [0.2, 0.25) is 0 Å². The van der Waals surface area contributed by atoms with Crippen LogP contribution in [0.4, 0.5) is 0 Å². The van der Waals surface area contributed by atoms with Crippen molar-refractivity contribution in [1.29, 1.82) is 0 Å². The minimum absolute atomic E-state index is 0.480. The maximum absolute atomic E-state index is 5.29. The van der Waals surface area contributed by atoms with Crippen LogP contribution >= 0.6 is 12.2 Å². The molecule has 0 bridgehead atoms. The molecular formula is C10H18N2OS. The Kier molecular flexibility index (Phi) is 3.49. The summed E-state index contributed by atoms with van der Waals surface area (Å²) in [5.74, 6) is 0. The molecule has 2 fully saturated rings. The molecule has 0 spiro atoms. The van der Waals surface area contributed by atoms with Crippen LogP contribution < -0.4 is 5.32 Å². The summed E-state index contributed by atoms with van der Waals surface area (Å²) in [6, 6.07) is 1.12. The average Bonchev–Trinajstić information content (AvgIpc) is 2.44. The van der Waals surface area contributed by atoms with Crippen molar-refractivity contribution >= 4 is 17.1 Å². The molecule has 2 rings (SSSR count). The molecule has 2 heterocycles. The van der Waals surface area contributed by atoms with Crippen molar-refractivity contribution in [2.24, 2.45) is 0 Å². The summed E-state index contributed by atoms with van der Waals surface area (Å²) in [4.78, 5) is 3.59. The maximum Gasteiger partial charge on any atom is 0.0645 e. The van der Waals surface area contributed by atoms with Crippen LogP contribution in [0.5, 0.6) is 0 Å². The zero-order chi connectivity index (χ0) is 9.97. The van der Waals surface area contributed by atoms with Gasteiger partial charge in [0, 0.05) is 24.0 Å². The summed E-state index contributed by atoms with van der Waals surface area (Å²) in [7, 11) is 2.17. The summed E-state index contributed by atoms with van der Waals surface area (Å²) in [6.45, 7) is 3.99. The fourth-order valence-corrected chi connectivity index (χ4v) is 2.22. The summed E-state index contributed by atoms with van der Waals surface area (Å²) >= 11 is 5.29. The zero-order valence-electron chi connectivity index (χ0n) is 8.66. The minimum Gasteiger partial charge on any atom is -0.378 e. The van der Waals surface area contributed by atoms with Crippen molar-refractivity contribution in [2.75, 3.05) is 33.4 Å². The van der Waals surface area contributed by atoms with Gasteiger partial charge < -0.3 is 10.1 Å². The molecule has 14 heavy (non-hydrogen) atoms. The smallest absolute Gasteiger partial charge is 0.0645 e. The van der Waals surface area contributed by atoms with Gasteiger partial charge in [0.15, 0.2) is 0 Å².